The number of aryl methyl sites for hydroxylation is 2. The van der Waals surface area contributed by atoms with E-state index in [4.69, 9.17) is 11.6 Å². The van der Waals surface area contributed by atoms with Gasteiger partial charge in [0.1, 0.15) is 0 Å². The third-order valence-corrected chi connectivity index (χ3v) is 3.27. The van der Waals surface area contributed by atoms with Gasteiger partial charge >= 0.3 is 0 Å². The van der Waals surface area contributed by atoms with Crippen molar-refractivity contribution in [2.45, 2.75) is 6.92 Å². The molecule has 0 radical (unpaired) electrons. The Balaban J connectivity index is 2.91. The third-order valence-electron chi connectivity index (χ3n) is 2.08. The summed E-state index contributed by atoms with van der Waals surface area (Å²) in [5.74, 6) is 0. The Morgan fingerprint density at radius 1 is 1.46 bits per heavy atom. The first kappa shape index (κ1) is 9.03. The zero-order chi connectivity index (χ0) is 9.59. The minimum atomic E-state index is 0.726. The first-order chi connectivity index (χ1) is 6.09. The molecule has 0 saturated heterocycles. The van der Waals surface area contributed by atoms with Crippen LogP contribution in [0, 0.1) is 6.92 Å². The Kier molecular flexibility index (Phi) is 2.08. The van der Waals surface area contributed by atoms with Crippen LogP contribution in [0.15, 0.2) is 16.6 Å². The van der Waals surface area contributed by atoms with E-state index in [1.165, 1.54) is 0 Å². The van der Waals surface area contributed by atoms with Gasteiger partial charge in [-0.1, -0.05) is 11.6 Å². The van der Waals surface area contributed by atoms with Crippen LogP contribution in [-0.4, -0.2) is 9.78 Å². The second-order valence-electron chi connectivity index (χ2n) is 2.99. The van der Waals surface area contributed by atoms with Crippen molar-refractivity contribution in [3.63, 3.8) is 0 Å². The summed E-state index contributed by atoms with van der Waals surface area (Å²) in [6, 6.07) is 3.92. The molecule has 1 heterocycles. The predicted octanol–water partition coefficient (Wildman–Crippen LogP) is 3.30. The molecule has 2 nitrogen and oxygen atoms in total. The molecule has 2 rings (SSSR count). The fourth-order valence-corrected chi connectivity index (χ4v) is 1.92. The summed E-state index contributed by atoms with van der Waals surface area (Å²) in [5, 5.41) is 6.14. The molecular formula is C9H8BrClN2. The lowest BCUT2D eigenvalue weighted by molar-refractivity contribution is 0.783. The zero-order valence-corrected chi connectivity index (χ0v) is 9.65. The molecule has 4 heteroatoms. The van der Waals surface area contributed by atoms with Crippen molar-refractivity contribution in [2.24, 2.45) is 7.05 Å². The second-order valence-corrected chi connectivity index (χ2v) is 4.25. The molecule has 0 spiro atoms. The van der Waals surface area contributed by atoms with Crippen molar-refractivity contribution in [1.82, 2.24) is 9.78 Å². The molecule has 0 fully saturated rings. The van der Waals surface area contributed by atoms with E-state index in [9.17, 15) is 0 Å². The average Bonchev–Trinajstić information content (AvgIpc) is 2.31. The van der Waals surface area contributed by atoms with E-state index in [2.05, 4.69) is 21.0 Å². The molecule has 0 unspecified atom stereocenters. The number of hydrogen-bond acceptors (Lipinski definition) is 1. The van der Waals surface area contributed by atoms with Crippen molar-refractivity contribution in [2.75, 3.05) is 0 Å². The smallest absolute Gasteiger partial charge is 0.0694 e. The molecule has 0 amide bonds. The van der Waals surface area contributed by atoms with E-state index in [0.29, 0.717) is 0 Å². The first-order valence-electron chi connectivity index (χ1n) is 3.88. The number of rotatable bonds is 0. The van der Waals surface area contributed by atoms with Crippen LogP contribution in [0.3, 0.4) is 0 Å². The highest BCUT2D eigenvalue weighted by Crippen LogP contribution is 2.29. The minimum absolute atomic E-state index is 0.726. The van der Waals surface area contributed by atoms with Gasteiger partial charge in [-0.05, 0) is 35.0 Å². The number of aromatic nitrogens is 2. The molecule has 1 aromatic carbocycles. The Bertz CT molecular complexity index is 434. The monoisotopic (exact) mass is 258 g/mol. The Morgan fingerprint density at radius 3 is 2.85 bits per heavy atom. The summed E-state index contributed by atoms with van der Waals surface area (Å²) in [7, 11) is 1.93. The van der Waals surface area contributed by atoms with Crippen molar-refractivity contribution >= 4 is 38.4 Å². The van der Waals surface area contributed by atoms with Crippen LogP contribution in [0.1, 0.15) is 5.69 Å². The summed E-state index contributed by atoms with van der Waals surface area (Å²) in [6.07, 6.45) is 0. The van der Waals surface area contributed by atoms with Gasteiger partial charge in [0.25, 0.3) is 0 Å². The Labute approximate surface area is 89.6 Å². The number of hydrogen-bond donors (Lipinski definition) is 0. The highest BCUT2D eigenvalue weighted by Gasteiger charge is 2.07. The molecule has 68 valence electrons. The van der Waals surface area contributed by atoms with Crippen LogP contribution in [0.2, 0.25) is 5.02 Å². The van der Waals surface area contributed by atoms with Crippen LogP contribution < -0.4 is 0 Å². The fourth-order valence-electron chi connectivity index (χ4n) is 1.43. The standard InChI is InChI=1S/C9H8BrClN2/c1-5-6-3-8(11)7(10)4-9(6)13(2)12-5/h3-4H,1-2H3. The van der Waals surface area contributed by atoms with E-state index in [-0.39, 0.29) is 0 Å². The Hall–Kier alpha value is -0.540. The van der Waals surface area contributed by atoms with E-state index < -0.39 is 0 Å². The topological polar surface area (TPSA) is 17.8 Å². The highest BCUT2D eigenvalue weighted by atomic mass is 79.9. The SMILES string of the molecule is Cc1nn(C)c2cc(Br)c(Cl)cc12. The molecule has 13 heavy (non-hydrogen) atoms. The van der Waals surface area contributed by atoms with E-state index in [1.54, 1.807) is 0 Å². The largest absolute Gasteiger partial charge is 0.268 e. The summed E-state index contributed by atoms with van der Waals surface area (Å²) in [6.45, 7) is 1.98. The van der Waals surface area contributed by atoms with Gasteiger partial charge in [-0.2, -0.15) is 5.10 Å². The zero-order valence-electron chi connectivity index (χ0n) is 7.31. The quantitative estimate of drug-likeness (QED) is 0.710. The molecule has 0 atom stereocenters. The second kappa shape index (κ2) is 3.00. The van der Waals surface area contributed by atoms with Crippen LogP contribution >= 0.6 is 27.5 Å². The number of benzene rings is 1. The van der Waals surface area contributed by atoms with Gasteiger partial charge in [0.05, 0.1) is 16.2 Å². The summed E-state index contributed by atoms with van der Waals surface area (Å²) in [5.41, 5.74) is 2.10. The van der Waals surface area contributed by atoms with Gasteiger partial charge < -0.3 is 0 Å². The predicted molar refractivity (Wildman–Crippen MR) is 58.2 cm³/mol. The lowest BCUT2D eigenvalue weighted by Crippen LogP contribution is -1.89. The van der Waals surface area contributed by atoms with Crippen LogP contribution in [-0.2, 0) is 7.05 Å². The molecule has 0 aliphatic rings. The summed E-state index contributed by atoms with van der Waals surface area (Å²) < 4.78 is 2.76. The van der Waals surface area contributed by atoms with Gasteiger partial charge in [0.2, 0.25) is 0 Å². The van der Waals surface area contributed by atoms with Gasteiger partial charge in [0, 0.05) is 16.9 Å². The molecule has 0 saturated carbocycles. The van der Waals surface area contributed by atoms with Gasteiger partial charge in [-0.3, -0.25) is 4.68 Å². The lowest BCUT2D eigenvalue weighted by atomic mass is 10.2. The third kappa shape index (κ3) is 1.36. The normalized spacial score (nSPS) is 11.1. The van der Waals surface area contributed by atoms with Gasteiger partial charge in [0.15, 0.2) is 0 Å². The summed E-state index contributed by atoms with van der Waals surface area (Å²) >= 11 is 9.37. The molecule has 0 aliphatic carbocycles. The molecule has 1 aromatic heterocycles. The van der Waals surface area contributed by atoms with E-state index in [1.807, 2.05) is 30.8 Å². The molecular weight excluding hydrogens is 251 g/mol. The number of nitrogens with zero attached hydrogens (tertiary/aromatic N) is 2. The van der Waals surface area contributed by atoms with E-state index >= 15 is 0 Å². The lowest BCUT2D eigenvalue weighted by Gasteiger charge is -1.97. The maximum Gasteiger partial charge on any atom is 0.0694 e. The van der Waals surface area contributed by atoms with E-state index in [0.717, 1.165) is 26.1 Å². The maximum absolute atomic E-state index is 5.98. The fraction of sp³-hybridized carbons (Fsp3) is 0.222. The molecule has 2 aromatic rings. The van der Waals surface area contributed by atoms with Crippen LogP contribution in [0.25, 0.3) is 10.9 Å². The van der Waals surface area contributed by atoms with Crippen molar-refractivity contribution < 1.29 is 0 Å². The van der Waals surface area contributed by atoms with Gasteiger partial charge in [-0.25, -0.2) is 0 Å². The first-order valence-corrected chi connectivity index (χ1v) is 5.05. The minimum Gasteiger partial charge on any atom is -0.268 e. The van der Waals surface area contributed by atoms with Gasteiger partial charge in [-0.15, -0.1) is 0 Å². The van der Waals surface area contributed by atoms with Crippen LogP contribution in [0.5, 0.6) is 0 Å². The average molecular weight is 260 g/mol. The number of fused-ring (bicyclic) bond motifs is 1. The highest BCUT2D eigenvalue weighted by molar-refractivity contribution is 9.10. The molecule has 0 bridgehead atoms. The number of halogens is 2. The Morgan fingerprint density at radius 2 is 2.15 bits per heavy atom. The van der Waals surface area contributed by atoms with Crippen molar-refractivity contribution in [1.29, 1.82) is 0 Å². The maximum atomic E-state index is 5.98. The molecule has 0 aliphatic heterocycles. The van der Waals surface area contributed by atoms with Crippen molar-refractivity contribution in [3.05, 3.63) is 27.3 Å². The summed E-state index contributed by atoms with van der Waals surface area (Å²) in [4.78, 5) is 0. The van der Waals surface area contributed by atoms with Crippen LogP contribution in [0.4, 0.5) is 0 Å². The molecule has 0 N–H and O–H groups in total. The van der Waals surface area contributed by atoms with Crippen molar-refractivity contribution in [3.8, 4) is 0 Å².